The van der Waals surface area contributed by atoms with E-state index in [0.29, 0.717) is 38.0 Å². The van der Waals surface area contributed by atoms with Crippen molar-refractivity contribution in [3.63, 3.8) is 0 Å². The van der Waals surface area contributed by atoms with Crippen molar-refractivity contribution in [2.24, 2.45) is 11.8 Å². The fraction of sp³-hybridized carbons (Fsp3) is 0.579. The van der Waals surface area contributed by atoms with Gasteiger partial charge in [0, 0.05) is 13.1 Å². The number of carbonyl (C=O) groups is 4. The van der Waals surface area contributed by atoms with E-state index in [-0.39, 0.29) is 47.9 Å². The summed E-state index contributed by atoms with van der Waals surface area (Å²) < 4.78 is 22.0. The van der Waals surface area contributed by atoms with Crippen molar-refractivity contribution in [3.05, 3.63) is 59.6 Å². The maximum absolute atomic E-state index is 13.5. The van der Waals surface area contributed by atoms with E-state index in [2.05, 4.69) is 30.6 Å². The van der Waals surface area contributed by atoms with Crippen molar-refractivity contribution in [2.45, 2.75) is 89.8 Å². The van der Waals surface area contributed by atoms with Crippen LogP contribution in [0.25, 0.3) is 11.3 Å². The summed E-state index contributed by atoms with van der Waals surface area (Å²) in [6.45, 7) is 9.41. The van der Waals surface area contributed by atoms with E-state index in [1.807, 2.05) is 52.0 Å². The molecule has 5 heterocycles. The number of alkyl carbamates (subject to hydrolysis) is 2. The number of H-pyrrole nitrogens is 2. The lowest BCUT2D eigenvalue weighted by Crippen LogP contribution is -2.51. The Morgan fingerprint density at radius 3 is 1.74 bits per heavy atom. The first kappa shape index (κ1) is 38.8. The quantitative estimate of drug-likeness (QED) is 0.213. The summed E-state index contributed by atoms with van der Waals surface area (Å²) in [5.41, 5.74) is 3.54. The number of imidazole rings is 2. The number of hydrogen-bond donors (Lipinski definition) is 4. The van der Waals surface area contributed by atoms with E-state index < -0.39 is 24.3 Å². The van der Waals surface area contributed by atoms with E-state index in [0.717, 1.165) is 48.2 Å². The maximum Gasteiger partial charge on any atom is 0.407 e. The van der Waals surface area contributed by atoms with Gasteiger partial charge in [0.25, 0.3) is 0 Å². The lowest BCUT2D eigenvalue weighted by Gasteiger charge is -2.30. The van der Waals surface area contributed by atoms with Gasteiger partial charge >= 0.3 is 12.2 Å². The average molecular weight is 749 g/mol. The van der Waals surface area contributed by atoms with Crippen molar-refractivity contribution >= 4 is 24.0 Å². The Kier molecular flexibility index (Phi) is 12.2. The van der Waals surface area contributed by atoms with E-state index in [4.69, 9.17) is 18.9 Å². The van der Waals surface area contributed by atoms with E-state index in [1.54, 1.807) is 22.2 Å². The van der Waals surface area contributed by atoms with Crippen LogP contribution < -0.4 is 10.6 Å². The van der Waals surface area contributed by atoms with Crippen molar-refractivity contribution in [1.82, 2.24) is 40.4 Å². The number of benzene rings is 1. The molecule has 0 saturated carbocycles. The molecule has 6 unspecified atom stereocenters. The van der Waals surface area contributed by atoms with Crippen LogP contribution in [0.1, 0.15) is 101 Å². The summed E-state index contributed by atoms with van der Waals surface area (Å²) >= 11 is 0. The van der Waals surface area contributed by atoms with Crippen LogP contribution in [0.5, 0.6) is 0 Å². The third kappa shape index (κ3) is 8.39. The normalized spacial score (nSPS) is 22.7. The number of aromatic amines is 2. The highest BCUT2D eigenvalue weighted by Crippen LogP contribution is 2.36. The Morgan fingerprint density at radius 2 is 1.24 bits per heavy atom. The predicted molar refractivity (Wildman–Crippen MR) is 196 cm³/mol. The predicted octanol–water partition coefficient (Wildman–Crippen LogP) is 4.72. The Bertz CT molecular complexity index is 1770. The topological polar surface area (TPSA) is 193 Å². The largest absolute Gasteiger partial charge is 0.453 e. The number of carbonyl (C=O) groups excluding carboxylic acids is 4. The zero-order chi connectivity index (χ0) is 38.5. The van der Waals surface area contributed by atoms with E-state index >= 15 is 0 Å². The Labute approximate surface area is 315 Å². The first-order chi connectivity index (χ1) is 26.0. The second kappa shape index (κ2) is 17.0. The average Bonchev–Trinajstić information content (AvgIpc) is 4.02. The van der Waals surface area contributed by atoms with Gasteiger partial charge in [-0.25, -0.2) is 19.6 Å². The van der Waals surface area contributed by atoms with Crippen LogP contribution in [-0.4, -0.2) is 106 Å². The molecular weight excluding hydrogens is 696 g/mol. The summed E-state index contributed by atoms with van der Waals surface area (Å²) in [4.78, 5) is 70.5. The van der Waals surface area contributed by atoms with Crippen molar-refractivity contribution in [1.29, 1.82) is 0 Å². The number of rotatable bonds is 11. The molecule has 6 rings (SSSR count). The van der Waals surface area contributed by atoms with Gasteiger partial charge in [-0.1, -0.05) is 52.0 Å². The monoisotopic (exact) mass is 748 g/mol. The molecule has 4 amide bonds. The molecule has 0 aliphatic carbocycles. The number of methoxy groups -OCH3 is 2. The van der Waals surface area contributed by atoms with Crippen LogP contribution in [0.15, 0.2) is 36.7 Å². The standard InChI is InChI=1S/C38H52N8O8/c1-21(2)31(43-37(49)51-5)35(47)45-15-7-9-27(45)33-39-17-25(41-33)23-11-13-24(14-12-23)29-19-54-30(20-53-29)26-18-40-34(42-26)28-10-8-16-46(28)36(48)32(22(3)4)44-38(50)52-6/h11-14,17-18,21-22,27-32H,7-10,15-16,19-20H2,1-6H3,(H,39,41)(H,40,42)(H,43,49)(H,44,50). The van der Waals surface area contributed by atoms with Crippen LogP contribution in [-0.2, 0) is 28.5 Å². The van der Waals surface area contributed by atoms with Crippen LogP contribution in [0.4, 0.5) is 9.59 Å². The van der Waals surface area contributed by atoms with Gasteiger partial charge in [-0.05, 0) is 48.6 Å². The molecule has 16 heteroatoms. The number of nitrogens with zero attached hydrogens (tertiary/aromatic N) is 4. The zero-order valence-corrected chi connectivity index (χ0v) is 31.8. The molecule has 3 fully saturated rings. The molecule has 0 bridgehead atoms. The third-order valence-corrected chi connectivity index (χ3v) is 10.5. The van der Waals surface area contributed by atoms with Gasteiger partial charge in [-0.15, -0.1) is 0 Å². The molecule has 1 aromatic carbocycles. The molecule has 292 valence electrons. The third-order valence-electron chi connectivity index (χ3n) is 10.5. The molecule has 3 saturated heterocycles. The van der Waals surface area contributed by atoms with Gasteiger partial charge in [0.15, 0.2) is 0 Å². The highest BCUT2D eigenvalue weighted by Gasteiger charge is 2.39. The van der Waals surface area contributed by atoms with Crippen molar-refractivity contribution in [2.75, 3.05) is 40.5 Å². The number of likely N-dealkylation sites (tertiary alicyclic amines) is 2. The fourth-order valence-electron chi connectivity index (χ4n) is 7.48. The second-order valence-electron chi connectivity index (χ2n) is 14.8. The second-order valence-corrected chi connectivity index (χ2v) is 14.8. The number of amides is 4. The first-order valence-electron chi connectivity index (χ1n) is 18.7. The zero-order valence-electron chi connectivity index (χ0n) is 31.8. The minimum absolute atomic E-state index is 0.110. The SMILES string of the molecule is COC(=O)NC(C(=O)N1CCCC1c1ncc(-c2ccc(C3COC(c4cnc(C5CCCN5C(=O)C(NC(=O)OC)C(C)C)[nH]4)CO3)cc2)[nH]1)C(C)C. The van der Waals surface area contributed by atoms with Gasteiger partial charge in [-0.3, -0.25) is 9.59 Å². The van der Waals surface area contributed by atoms with Crippen LogP contribution in [0.3, 0.4) is 0 Å². The number of hydrogen-bond acceptors (Lipinski definition) is 10. The van der Waals surface area contributed by atoms with Gasteiger partial charge < -0.3 is 49.3 Å². The molecule has 54 heavy (non-hydrogen) atoms. The van der Waals surface area contributed by atoms with Crippen molar-refractivity contribution < 1.29 is 38.1 Å². The van der Waals surface area contributed by atoms with Gasteiger partial charge in [0.05, 0.1) is 63.3 Å². The van der Waals surface area contributed by atoms with Crippen LogP contribution in [0, 0.1) is 11.8 Å². The first-order valence-corrected chi connectivity index (χ1v) is 18.7. The van der Waals surface area contributed by atoms with Crippen LogP contribution in [0.2, 0.25) is 0 Å². The Balaban J connectivity index is 1.04. The molecule has 6 atom stereocenters. The van der Waals surface area contributed by atoms with E-state index in [1.165, 1.54) is 14.2 Å². The number of aromatic nitrogens is 4. The number of nitrogens with one attached hydrogen (secondary N) is 4. The molecule has 3 aliphatic rings. The summed E-state index contributed by atoms with van der Waals surface area (Å²) in [6, 6.07) is 6.20. The van der Waals surface area contributed by atoms with Gasteiger partial charge in [0.1, 0.15) is 35.9 Å². The van der Waals surface area contributed by atoms with Gasteiger partial charge in [0.2, 0.25) is 11.8 Å². The van der Waals surface area contributed by atoms with Crippen LogP contribution >= 0.6 is 0 Å². The molecular formula is C38H52N8O8. The minimum Gasteiger partial charge on any atom is -0.453 e. The molecule has 3 aromatic rings. The van der Waals surface area contributed by atoms with Crippen molar-refractivity contribution in [3.8, 4) is 11.3 Å². The maximum atomic E-state index is 13.5. The molecule has 2 aromatic heterocycles. The lowest BCUT2D eigenvalue weighted by atomic mass is 10.0. The molecule has 16 nitrogen and oxygen atoms in total. The molecule has 0 spiro atoms. The summed E-state index contributed by atoms with van der Waals surface area (Å²) in [5, 5.41) is 5.37. The Morgan fingerprint density at radius 1 is 0.741 bits per heavy atom. The number of ether oxygens (including phenoxy) is 4. The highest BCUT2D eigenvalue weighted by atomic mass is 16.6. The molecule has 4 N–H and O–H groups in total. The molecule has 3 aliphatic heterocycles. The minimum atomic E-state index is -0.701. The smallest absolute Gasteiger partial charge is 0.407 e. The fourth-order valence-corrected chi connectivity index (χ4v) is 7.48. The summed E-state index contributed by atoms with van der Waals surface area (Å²) in [5.74, 6) is 0.857. The van der Waals surface area contributed by atoms with E-state index in [9.17, 15) is 19.2 Å². The highest BCUT2D eigenvalue weighted by molar-refractivity contribution is 5.87. The lowest BCUT2D eigenvalue weighted by molar-refractivity contribution is -0.138. The molecule has 0 radical (unpaired) electrons. The Hall–Kier alpha value is -4.96. The van der Waals surface area contributed by atoms with Gasteiger partial charge in [-0.2, -0.15) is 0 Å². The summed E-state index contributed by atoms with van der Waals surface area (Å²) in [7, 11) is 2.56. The summed E-state index contributed by atoms with van der Waals surface area (Å²) in [6.07, 6.45) is 4.87.